The molecule has 2 nitrogen and oxygen atoms in total. The zero-order valence-corrected chi connectivity index (χ0v) is 9.07. The highest BCUT2D eigenvalue weighted by Gasteiger charge is 2.32. The lowest BCUT2D eigenvalue weighted by Crippen LogP contribution is -2.17. The van der Waals surface area contributed by atoms with Crippen LogP contribution in [0.1, 0.15) is 0 Å². The molecule has 0 bridgehead atoms. The van der Waals surface area contributed by atoms with E-state index < -0.39 is 6.36 Å². The summed E-state index contributed by atoms with van der Waals surface area (Å²) in [5.41, 5.74) is 0. The summed E-state index contributed by atoms with van der Waals surface area (Å²) in [5, 5.41) is 0. The average Bonchev–Trinajstić information content (AvgIpc) is 1.93. The first-order chi connectivity index (χ1) is 5.88. The van der Waals surface area contributed by atoms with E-state index in [0.29, 0.717) is 4.60 Å². The summed E-state index contributed by atoms with van der Waals surface area (Å²) in [7, 11) is 0. The second-order valence-electron chi connectivity index (χ2n) is 1.97. The normalized spacial score (nSPS) is 11.5. The summed E-state index contributed by atoms with van der Waals surface area (Å²) in [6, 6.07) is 2.51. The molecule has 7 heteroatoms. The Labute approximate surface area is 88.4 Å². The number of rotatable bonds is 1. The first kappa shape index (κ1) is 10.8. The van der Waals surface area contributed by atoms with E-state index in [9.17, 15) is 13.2 Å². The highest BCUT2D eigenvalue weighted by Crippen LogP contribution is 2.29. The predicted octanol–water partition coefficient (Wildman–Crippen LogP) is 3.51. The number of ether oxygens (including phenoxy) is 1. The van der Waals surface area contributed by atoms with E-state index in [1.165, 1.54) is 6.07 Å². The van der Waals surface area contributed by atoms with Gasteiger partial charge in [0.15, 0.2) is 5.75 Å². The fourth-order valence-electron chi connectivity index (χ4n) is 0.600. The molecule has 0 amide bonds. The fraction of sp³-hybridized carbons (Fsp3) is 0.167. The van der Waals surface area contributed by atoms with Gasteiger partial charge < -0.3 is 4.74 Å². The van der Waals surface area contributed by atoms with Crippen LogP contribution in [-0.4, -0.2) is 11.3 Å². The van der Waals surface area contributed by atoms with Crippen molar-refractivity contribution in [3.05, 3.63) is 21.3 Å². The van der Waals surface area contributed by atoms with Crippen molar-refractivity contribution < 1.29 is 17.9 Å². The van der Waals surface area contributed by atoms with Crippen LogP contribution in [-0.2, 0) is 0 Å². The molecule has 1 aromatic heterocycles. The van der Waals surface area contributed by atoms with Gasteiger partial charge >= 0.3 is 6.36 Å². The Kier molecular flexibility index (Phi) is 3.18. The summed E-state index contributed by atoms with van der Waals surface area (Å²) in [4.78, 5) is 3.67. The van der Waals surface area contributed by atoms with Crippen LogP contribution in [0.5, 0.6) is 5.75 Å². The smallest absolute Gasteiger partial charge is 0.403 e. The van der Waals surface area contributed by atoms with Crippen LogP contribution in [0.3, 0.4) is 0 Å². The number of alkyl halides is 3. The number of hydrogen-bond acceptors (Lipinski definition) is 2. The number of nitrogens with zero attached hydrogens (tertiary/aromatic N) is 1. The summed E-state index contributed by atoms with van der Waals surface area (Å²) >= 11 is 5.83. The lowest BCUT2D eigenvalue weighted by molar-refractivity contribution is -0.275. The molecule has 1 rings (SSSR count). The maximum Gasteiger partial charge on any atom is 0.573 e. The summed E-state index contributed by atoms with van der Waals surface area (Å²) in [6.07, 6.45) is -4.70. The van der Waals surface area contributed by atoms with E-state index in [1.54, 1.807) is 0 Å². The van der Waals surface area contributed by atoms with Crippen LogP contribution < -0.4 is 4.74 Å². The summed E-state index contributed by atoms with van der Waals surface area (Å²) < 4.78 is 39.3. The number of pyridine rings is 1. The molecule has 0 saturated heterocycles. The van der Waals surface area contributed by atoms with Crippen molar-refractivity contribution in [1.82, 2.24) is 4.98 Å². The van der Waals surface area contributed by atoms with Gasteiger partial charge in [-0.25, -0.2) is 4.98 Å². The van der Waals surface area contributed by atoms with E-state index in [4.69, 9.17) is 0 Å². The molecule has 0 N–H and O–H groups in total. The molecule has 0 saturated carbocycles. The highest BCUT2D eigenvalue weighted by atomic mass is 79.9. The SMILES string of the molecule is FC(F)(F)Oc1ccc(Br)nc1Br. The van der Waals surface area contributed by atoms with Crippen molar-refractivity contribution in [3.8, 4) is 5.75 Å². The predicted molar refractivity (Wildman–Crippen MR) is 46.3 cm³/mol. The second-order valence-corrected chi connectivity index (χ2v) is 3.53. The molecule has 0 aromatic carbocycles. The minimum Gasteiger partial charge on any atom is -0.403 e. The Morgan fingerprint density at radius 2 is 1.85 bits per heavy atom. The maximum absolute atomic E-state index is 11.7. The van der Waals surface area contributed by atoms with Gasteiger partial charge in [0.25, 0.3) is 0 Å². The Balaban J connectivity index is 2.90. The number of hydrogen-bond donors (Lipinski definition) is 0. The maximum atomic E-state index is 11.7. The van der Waals surface area contributed by atoms with Crippen LogP contribution in [0.4, 0.5) is 13.2 Å². The Hall–Kier alpha value is -0.300. The number of aromatic nitrogens is 1. The Morgan fingerprint density at radius 3 is 2.31 bits per heavy atom. The molecule has 72 valence electrons. The van der Waals surface area contributed by atoms with Crippen LogP contribution in [0, 0.1) is 0 Å². The summed E-state index contributed by atoms with van der Waals surface area (Å²) in [6.45, 7) is 0. The van der Waals surface area contributed by atoms with Crippen molar-refractivity contribution >= 4 is 31.9 Å². The van der Waals surface area contributed by atoms with Crippen LogP contribution in [0.15, 0.2) is 21.3 Å². The molecule has 0 unspecified atom stereocenters. The van der Waals surface area contributed by atoms with Gasteiger partial charge in [-0.2, -0.15) is 0 Å². The lowest BCUT2D eigenvalue weighted by atomic mass is 10.5. The van der Waals surface area contributed by atoms with Crippen molar-refractivity contribution in [2.24, 2.45) is 0 Å². The lowest BCUT2D eigenvalue weighted by Gasteiger charge is -2.09. The van der Waals surface area contributed by atoms with Crippen molar-refractivity contribution in [1.29, 1.82) is 0 Å². The minimum absolute atomic E-state index is 0.000741. The van der Waals surface area contributed by atoms with E-state index in [1.807, 2.05) is 0 Å². The van der Waals surface area contributed by atoms with Gasteiger partial charge in [0.2, 0.25) is 0 Å². The molecule has 1 aromatic rings. The molecule has 0 spiro atoms. The molecule has 1 heterocycles. The van der Waals surface area contributed by atoms with Crippen molar-refractivity contribution in [2.45, 2.75) is 6.36 Å². The average molecular weight is 321 g/mol. The van der Waals surface area contributed by atoms with E-state index >= 15 is 0 Å². The number of halogens is 5. The first-order valence-electron chi connectivity index (χ1n) is 2.96. The zero-order valence-electron chi connectivity index (χ0n) is 5.90. The van der Waals surface area contributed by atoms with Gasteiger partial charge in [-0.15, -0.1) is 13.2 Å². The van der Waals surface area contributed by atoms with E-state index in [-0.39, 0.29) is 10.4 Å². The first-order valence-corrected chi connectivity index (χ1v) is 4.55. The van der Waals surface area contributed by atoms with Gasteiger partial charge in [0.1, 0.15) is 9.21 Å². The van der Waals surface area contributed by atoms with Gasteiger partial charge in [-0.3, -0.25) is 0 Å². The molecule has 0 radical (unpaired) electrons. The van der Waals surface area contributed by atoms with Gasteiger partial charge in [-0.1, -0.05) is 0 Å². The minimum atomic E-state index is -4.70. The van der Waals surface area contributed by atoms with Crippen LogP contribution in [0.25, 0.3) is 0 Å². The molecule has 13 heavy (non-hydrogen) atoms. The molecular formula is C6H2Br2F3NO. The highest BCUT2D eigenvalue weighted by molar-refractivity contribution is 9.11. The summed E-state index contributed by atoms with van der Waals surface area (Å²) in [5.74, 6) is -0.365. The third-order valence-electron chi connectivity index (χ3n) is 1.01. The molecule has 0 aliphatic rings. The van der Waals surface area contributed by atoms with Crippen molar-refractivity contribution in [2.75, 3.05) is 0 Å². The van der Waals surface area contributed by atoms with Gasteiger partial charge in [0, 0.05) is 0 Å². The molecular weight excluding hydrogens is 319 g/mol. The monoisotopic (exact) mass is 319 g/mol. The molecule has 0 fully saturated rings. The third-order valence-corrected chi connectivity index (χ3v) is 2.02. The second kappa shape index (κ2) is 3.83. The fourth-order valence-corrected chi connectivity index (χ4v) is 1.55. The standard InChI is InChI=1S/C6H2Br2F3NO/c7-4-2-1-3(5(8)12-4)13-6(9,10)11/h1-2H. The van der Waals surface area contributed by atoms with Crippen LogP contribution in [0.2, 0.25) is 0 Å². The third kappa shape index (κ3) is 3.51. The largest absolute Gasteiger partial charge is 0.573 e. The topological polar surface area (TPSA) is 22.1 Å². The van der Waals surface area contributed by atoms with Crippen molar-refractivity contribution in [3.63, 3.8) is 0 Å². The quantitative estimate of drug-likeness (QED) is 0.739. The van der Waals surface area contributed by atoms with Crippen LogP contribution >= 0.6 is 31.9 Å². The van der Waals surface area contributed by atoms with E-state index in [2.05, 4.69) is 41.6 Å². The van der Waals surface area contributed by atoms with E-state index in [0.717, 1.165) is 6.07 Å². The van der Waals surface area contributed by atoms with Gasteiger partial charge in [0.05, 0.1) is 0 Å². The Bertz CT molecular complexity index is 315. The Morgan fingerprint density at radius 1 is 1.23 bits per heavy atom. The molecule has 0 atom stereocenters. The molecule has 0 aliphatic heterocycles. The zero-order chi connectivity index (χ0) is 10.1. The molecule has 0 aliphatic carbocycles. The van der Waals surface area contributed by atoms with Gasteiger partial charge in [-0.05, 0) is 44.0 Å².